The summed E-state index contributed by atoms with van der Waals surface area (Å²) in [6.07, 6.45) is 6.61. The van der Waals surface area contributed by atoms with Crippen LogP contribution < -0.4 is 4.43 Å². The predicted molar refractivity (Wildman–Crippen MR) is 139 cm³/mol. The maximum atomic E-state index is 7.26. The van der Waals surface area contributed by atoms with E-state index < -0.39 is 8.32 Å². The van der Waals surface area contributed by atoms with Gasteiger partial charge in [0.05, 0.1) is 0 Å². The highest BCUT2D eigenvalue weighted by atomic mass is 28.4. The summed E-state index contributed by atoms with van der Waals surface area (Å²) in [5.41, 5.74) is 3.96. The van der Waals surface area contributed by atoms with E-state index in [0.717, 1.165) is 11.7 Å². The molecule has 0 aromatic heterocycles. The molecule has 176 valence electrons. The van der Waals surface area contributed by atoms with Gasteiger partial charge in [-0.2, -0.15) is 0 Å². The first kappa shape index (κ1) is 24.9. The molecule has 3 rings (SSSR count). The van der Waals surface area contributed by atoms with E-state index in [4.69, 9.17) is 4.43 Å². The smallest absolute Gasteiger partial charge is 0.262 e. The average molecular weight is 443 g/mol. The molecule has 1 aromatic carbocycles. The number of hydrogen-bond acceptors (Lipinski definition) is 1. The van der Waals surface area contributed by atoms with Crippen molar-refractivity contribution in [2.45, 2.75) is 130 Å². The van der Waals surface area contributed by atoms with Crippen molar-refractivity contribution in [2.24, 2.45) is 17.3 Å². The highest BCUT2D eigenvalue weighted by Gasteiger charge is 2.57. The molecule has 1 nitrogen and oxygen atoms in total. The van der Waals surface area contributed by atoms with Crippen molar-refractivity contribution >= 4 is 8.32 Å². The van der Waals surface area contributed by atoms with Gasteiger partial charge in [-0.25, -0.2) is 0 Å². The summed E-state index contributed by atoms with van der Waals surface area (Å²) in [4.78, 5) is 0. The van der Waals surface area contributed by atoms with Gasteiger partial charge in [-0.3, -0.25) is 0 Å². The number of benzene rings is 1. The molecule has 0 N–H and O–H groups in total. The van der Waals surface area contributed by atoms with Crippen LogP contribution in [0.5, 0.6) is 5.75 Å². The van der Waals surface area contributed by atoms with Gasteiger partial charge in [-0.05, 0) is 87.7 Å². The molecule has 1 fully saturated rings. The predicted octanol–water partition coefficient (Wildman–Crippen LogP) is 9.30. The van der Waals surface area contributed by atoms with Gasteiger partial charge in [-0.15, -0.1) is 0 Å². The van der Waals surface area contributed by atoms with Gasteiger partial charge < -0.3 is 4.43 Å². The summed E-state index contributed by atoms with van der Waals surface area (Å²) in [5, 5.41) is 0.353. The largest absolute Gasteiger partial charge is 0.542 e. The maximum Gasteiger partial charge on any atom is 0.262 e. The number of hydrogen-bond donors (Lipinski definition) is 0. The zero-order chi connectivity index (χ0) is 23.5. The van der Waals surface area contributed by atoms with Crippen molar-refractivity contribution in [3.05, 3.63) is 29.3 Å². The lowest BCUT2D eigenvalue weighted by molar-refractivity contribution is 0.0407. The Morgan fingerprint density at radius 3 is 2.16 bits per heavy atom. The van der Waals surface area contributed by atoms with Crippen LogP contribution in [0.2, 0.25) is 16.1 Å². The van der Waals surface area contributed by atoms with Crippen LogP contribution in [0.15, 0.2) is 18.2 Å². The molecule has 0 unspecified atom stereocenters. The molecule has 2 atom stereocenters. The summed E-state index contributed by atoms with van der Waals surface area (Å²) in [6, 6.07) is 8.43. The summed E-state index contributed by atoms with van der Waals surface area (Å²) >= 11 is 0. The van der Waals surface area contributed by atoms with E-state index in [1.807, 2.05) is 0 Å². The molecule has 31 heavy (non-hydrogen) atoms. The first-order valence-corrected chi connectivity index (χ1v) is 15.0. The van der Waals surface area contributed by atoms with E-state index in [9.17, 15) is 0 Å². The SMILES string of the molecule is CC(C)C[Si](Oc1ccc2c(c1)CC[C@H]1C(C)(C)CCC[C@]21C)(C(C)(C)C)C(C)(C)C. The first-order valence-electron chi connectivity index (χ1n) is 12.9. The Hall–Kier alpha value is -0.763. The van der Waals surface area contributed by atoms with E-state index in [0.29, 0.717) is 16.7 Å². The number of rotatable bonds is 4. The number of aryl methyl sites for hydroxylation is 1. The number of fused-ring (bicyclic) bond motifs is 3. The van der Waals surface area contributed by atoms with Crippen LogP contribution in [-0.4, -0.2) is 8.32 Å². The third kappa shape index (κ3) is 4.27. The van der Waals surface area contributed by atoms with Crippen LogP contribution in [0, 0.1) is 17.3 Å². The van der Waals surface area contributed by atoms with Crippen molar-refractivity contribution in [3.63, 3.8) is 0 Å². The van der Waals surface area contributed by atoms with Crippen LogP contribution in [-0.2, 0) is 11.8 Å². The van der Waals surface area contributed by atoms with Gasteiger partial charge in [-0.1, -0.05) is 88.6 Å². The molecular weight excluding hydrogens is 392 g/mol. The Morgan fingerprint density at radius 1 is 1.00 bits per heavy atom. The van der Waals surface area contributed by atoms with Gasteiger partial charge in [0.1, 0.15) is 5.75 Å². The van der Waals surface area contributed by atoms with E-state index in [2.05, 4.69) is 94.4 Å². The second kappa shape index (κ2) is 7.92. The fourth-order valence-corrected chi connectivity index (χ4v) is 13.6. The van der Waals surface area contributed by atoms with Crippen LogP contribution >= 0.6 is 0 Å². The Bertz CT molecular complexity index is 778. The van der Waals surface area contributed by atoms with Crippen LogP contribution in [0.4, 0.5) is 0 Å². The quantitative estimate of drug-likeness (QED) is 0.422. The highest BCUT2D eigenvalue weighted by Crippen LogP contribution is 2.58. The van der Waals surface area contributed by atoms with Crippen molar-refractivity contribution in [2.75, 3.05) is 0 Å². The summed E-state index contributed by atoms with van der Waals surface area (Å²) < 4.78 is 7.26. The normalized spacial score (nSPS) is 26.4. The lowest BCUT2D eigenvalue weighted by Gasteiger charge is -2.54. The summed E-state index contributed by atoms with van der Waals surface area (Å²) in [6.45, 7) is 26.8. The fraction of sp³-hybridized carbons (Fsp3) is 0.793. The molecule has 0 bridgehead atoms. The molecular formula is C29H50OSi. The molecule has 0 amide bonds. The lowest BCUT2D eigenvalue weighted by Crippen LogP contribution is -2.58. The van der Waals surface area contributed by atoms with Crippen molar-refractivity contribution < 1.29 is 4.43 Å². The third-order valence-electron chi connectivity index (χ3n) is 9.03. The molecule has 0 heterocycles. The fourth-order valence-electron chi connectivity index (χ4n) is 7.71. The topological polar surface area (TPSA) is 9.23 Å². The summed E-state index contributed by atoms with van der Waals surface area (Å²) in [7, 11) is -2.12. The lowest BCUT2D eigenvalue weighted by atomic mass is 9.50. The average Bonchev–Trinajstić information content (AvgIpc) is 2.57. The minimum atomic E-state index is -2.12. The molecule has 0 spiro atoms. The Labute approximate surface area is 194 Å². The van der Waals surface area contributed by atoms with Gasteiger partial charge in [0.25, 0.3) is 8.32 Å². The Morgan fingerprint density at radius 2 is 1.61 bits per heavy atom. The van der Waals surface area contributed by atoms with Gasteiger partial charge >= 0.3 is 0 Å². The van der Waals surface area contributed by atoms with Gasteiger partial charge in [0, 0.05) is 0 Å². The van der Waals surface area contributed by atoms with E-state index in [-0.39, 0.29) is 10.1 Å². The third-order valence-corrected chi connectivity index (χ3v) is 15.9. The van der Waals surface area contributed by atoms with Crippen LogP contribution in [0.25, 0.3) is 0 Å². The van der Waals surface area contributed by atoms with Crippen LogP contribution in [0.1, 0.15) is 113 Å². The molecule has 0 aliphatic heterocycles. The van der Waals surface area contributed by atoms with E-state index in [1.165, 1.54) is 38.1 Å². The summed E-state index contributed by atoms with van der Waals surface area (Å²) in [5.74, 6) is 2.58. The zero-order valence-corrected chi connectivity index (χ0v) is 23.5. The van der Waals surface area contributed by atoms with Gasteiger partial charge in [0.2, 0.25) is 0 Å². The first-order chi connectivity index (χ1) is 14.0. The highest BCUT2D eigenvalue weighted by molar-refractivity contribution is 6.80. The van der Waals surface area contributed by atoms with Crippen molar-refractivity contribution in [3.8, 4) is 5.75 Å². The van der Waals surface area contributed by atoms with E-state index in [1.54, 1.807) is 11.1 Å². The second-order valence-corrected chi connectivity index (χ2v) is 19.5. The molecule has 2 aliphatic rings. The maximum absolute atomic E-state index is 7.26. The zero-order valence-electron chi connectivity index (χ0n) is 22.5. The minimum Gasteiger partial charge on any atom is -0.542 e. The molecule has 0 saturated heterocycles. The molecule has 1 aromatic rings. The van der Waals surface area contributed by atoms with Crippen molar-refractivity contribution in [1.82, 2.24) is 0 Å². The standard InChI is InChI=1S/C29H50OSi/c1-21(2)20-31(26(3,4)5,27(6,7)8)30-23-14-15-24-22(19-23)13-16-25-28(9,10)17-12-18-29(24,25)11/h14-15,19,21,25H,12-13,16-18,20H2,1-11H3/t25-,29+/m0/s1. The Kier molecular flexibility index (Phi) is 6.36. The molecule has 2 heteroatoms. The molecule has 2 aliphatic carbocycles. The Balaban J connectivity index is 2.02. The second-order valence-electron chi connectivity index (χ2n) is 14.2. The van der Waals surface area contributed by atoms with Crippen molar-refractivity contribution in [1.29, 1.82) is 0 Å². The molecule has 0 radical (unpaired) electrons. The van der Waals surface area contributed by atoms with Gasteiger partial charge in [0.15, 0.2) is 0 Å². The monoisotopic (exact) mass is 442 g/mol. The van der Waals surface area contributed by atoms with E-state index >= 15 is 0 Å². The van der Waals surface area contributed by atoms with Crippen LogP contribution in [0.3, 0.4) is 0 Å². The minimum absolute atomic E-state index is 0.176. The molecule has 1 saturated carbocycles.